The van der Waals surface area contributed by atoms with Crippen molar-refractivity contribution < 1.29 is 17.7 Å². The van der Waals surface area contributed by atoms with Gasteiger partial charge in [0.2, 0.25) is 5.36 Å². The molecule has 3 aliphatic rings. The molecule has 0 saturated heterocycles. The second-order valence-electron chi connectivity index (χ2n) is 9.55. The maximum atomic E-state index is 11.7. The maximum Gasteiger partial charge on any atom is 0.294 e. The zero-order chi connectivity index (χ0) is 23.6. The molecule has 0 spiro atoms. The highest BCUT2D eigenvalue weighted by Crippen LogP contribution is 2.39. The van der Waals surface area contributed by atoms with Crippen LogP contribution in [0.5, 0.6) is 11.5 Å². The summed E-state index contributed by atoms with van der Waals surface area (Å²) in [6.07, 6.45) is 5.25. The van der Waals surface area contributed by atoms with Crippen LogP contribution in [0.4, 0.5) is 0 Å². The van der Waals surface area contributed by atoms with E-state index in [2.05, 4.69) is 35.8 Å². The molecule has 5 nitrogen and oxygen atoms in total. The molecule has 0 saturated carbocycles. The van der Waals surface area contributed by atoms with Crippen molar-refractivity contribution in [3.05, 3.63) is 86.4 Å². The molecule has 3 aliphatic heterocycles. The number of aryl methyl sites for hydroxylation is 3. The first-order valence-electron chi connectivity index (χ1n) is 12.1. The molecular weight excluding hydrogens is 446 g/mol. The largest absolute Gasteiger partial charge is 0.456 e. The van der Waals surface area contributed by atoms with Crippen LogP contribution in [0.3, 0.4) is 0 Å². The van der Waals surface area contributed by atoms with Crippen molar-refractivity contribution in [1.29, 1.82) is 0 Å². The fraction of sp³-hybridized carbons (Fsp3) is 0.321. The smallest absolute Gasteiger partial charge is 0.294 e. The van der Waals surface area contributed by atoms with Crippen LogP contribution in [0, 0.1) is 6.92 Å². The topological polar surface area (TPSA) is 66.6 Å². The van der Waals surface area contributed by atoms with E-state index in [1.165, 1.54) is 28.1 Å². The lowest BCUT2D eigenvalue weighted by molar-refractivity contribution is 0.437. The minimum absolute atomic E-state index is 0.0839. The maximum absolute atomic E-state index is 11.7. The summed E-state index contributed by atoms with van der Waals surface area (Å²) in [5.74, 6) is 1.79. The molecule has 0 aliphatic carbocycles. The van der Waals surface area contributed by atoms with Gasteiger partial charge in [0.05, 0.1) is 10.5 Å². The highest BCUT2D eigenvalue weighted by molar-refractivity contribution is 7.85. The number of hydrogen-bond donors (Lipinski definition) is 1. The van der Waals surface area contributed by atoms with Crippen LogP contribution in [0.25, 0.3) is 5.57 Å². The zero-order valence-corrected chi connectivity index (χ0v) is 20.3. The van der Waals surface area contributed by atoms with E-state index in [9.17, 15) is 13.0 Å². The predicted octanol–water partition coefficient (Wildman–Crippen LogP) is 3.54. The van der Waals surface area contributed by atoms with Gasteiger partial charge in [-0.1, -0.05) is 25.1 Å². The molecule has 0 radical (unpaired) electrons. The Morgan fingerprint density at radius 2 is 1.76 bits per heavy atom. The van der Waals surface area contributed by atoms with E-state index in [1.807, 2.05) is 13.0 Å². The van der Waals surface area contributed by atoms with Crippen molar-refractivity contribution in [2.24, 2.45) is 0 Å². The molecule has 3 aromatic rings. The van der Waals surface area contributed by atoms with Crippen LogP contribution in [0.2, 0.25) is 0 Å². The van der Waals surface area contributed by atoms with E-state index in [4.69, 9.17) is 4.74 Å². The molecule has 0 unspecified atom stereocenters. The van der Waals surface area contributed by atoms with Gasteiger partial charge in [-0.05, 0) is 67.1 Å². The Labute approximate surface area is 199 Å². The van der Waals surface area contributed by atoms with Crippen molar-refractivity contribution in [2.45, 2.75) is 50.8 Å². The summed E-state index contributed by atoms with van der Waals surface area (Å²) in [4.78, 5) is -0.0839. The van der Waals surface area contributed by atoms with Gasteiger partial charge in [0.1, 0.15) is 24.6 Å². The molecular formula is C28H28NO4S+. The number of fused-ring (bicyclic) bond motifs is 3. The van der Waals surface area contributed by atoms with Crippen molar-refractivity contribution in [3.63, 3.8) is 0 Å². The first-order valence-corrected chi connectivity index (χ1v) is 13.5. The summed E-state index contributed by atoms with van der Waals surface area (Å²) in [7, 11) is -4.26. The van der Waals surface area contributed by atoms with Crippen molar-refractivity contribution in [3.8, 4) is 11.5 Å². The molecule has 174 valence electrons. The van der Waals surface area contributed by atoms with E-state index in [0.717, 1.165) is 84.2 Å². The molecule has 3 aromatic carbocycles. The van der Waals surface area contributed by atoms with Gasteiger partial charge in [0.25, 0.3) is 10.1 Å². The lowest BCUT2D eigenvalue weighted by Crippen LogP contribution is -2.45. The summed E-state index contributed by atoms with van der Waals surface area (Å²) in [5, 5.41) is 2.45. The van der Waals surface area contributed by atoms with Gasteiger partial charge in [-0.3, -0.25) is 4.55 Å². The van der Waals surface area contributed by atoms with E-state index in [1.54, 1.807) is 6.07 Å². The molecule has 1 N–H and O–H groups in total. The van der Waals surface area contributed by atoms with Crippen LogP contribution in [0.1, 0.15) is 53.1 Å². The van der Waals surface area contributed by atoms with E-state index in [-0.39, 0.29) is 4.90 Å². The van der Waals surface area contributed by atoms with Gasteiger partial charge in [0.15, 0.2) is 0 Å². The monoisotopic (exact) mass is 474 g/mol. The Kier molecular flexibility index (Phi) is 4.94. The molecule has 6 heteroatoms. The average molecular weight is 475 g/mol. The molecule has 0 aromatic heterocycles. The van der Waals surface area contributed by atoms with Gasteiger partial charge < -0.3 is 4.74 Å². The summed E-state index contributed by atoms with van der Waals surface area (Å²) in [5.41, 5.74) is 7.74. The Balaban J connectivity index is 1.74. The molecule has 3 heterocycles. The first kappa shape index (κ1) is 21.6. The molecule has 34 heavy (non-hydrogen) atoms. The normalized spacial score (nSPS) is 16.4. The number of benzene rings is 3. The van der Waals surface area contributed by atoms with Crippen LogP contribution in [-0.2, 0) is 29.4 Å². The Morgan fingerprint density at radius 1 is 1.00 bits per heavy atom. The lowest BCUT2D eigenvalue weighted by Gasteiger charge is -2.27. The van der Waals surface area contributed by atoms with Gasteiger partial charge in [-0.2, -0.15) is 8.42 Å². The summed E-state index contributed by atoms with van der Waals surface area (Å²) in [6, 6.07) is 13.6. The summed E-state index contributed by atoms with van der Waals surface area (Å²) < 4.78 is 42.2. The number of nitrogens with zero attached hydrogens (tertiary/aromatic N) is 1. The van der Waals surface area contributed by atoms with Gasteiger partial charge in [0, 0.05) is 34.8 Å². The van der Waals surface area contributed by atoms with E-state index >= 15 is 0 Å². The highest BCUT2D eigenvalue weighted by Gasteiger charge is 2.31. The third-order valence-electron chi connectivity index (χ3n) is 7.44. The average Bonchev–Trinajstić information content (AvgIpc) is 2.82. The lowest BCUT2D eigenvalue weighted by atomic mass is 9.86. The Hall–Kier alpha value is -2.96. The van der Waals surface area contributed by atoms with Gasteiger partial charge >= 0.3 is 0 Å². The molecule has 0 amide bonds. The SMILES string of the molecule is CCc1ccc2c(c1)Oc1c3c4c(cc1=C2c1ccc(S(=O)(=O)O)cc1C)CCC[N+]=4CCC3. The Bertz CT molecular complexity index is 1600. The van der Waals surface area contributed by atoms with Crippen LogP contribution in [-0.4, -0.2) is 26.1 Å². The van der Waals surface area contributed by atoms with Crippen LogP contribution >= 0.6 is 0 Å². The predicted molar refractivity (Wildman–Crippen MR) is 132 cm³/mol. The second kappa shape index (κ2) is 7.79. The van der Waals surface area contributed by atoms with Crippen molar-refractivity contribution in [1.82, 2.24) is 4.58 Å². The minimum Gasteiger partial charge on any atom is -0.456 e. The van der Waals surface area contributed by atoms with Gasteiger partial charge in [-0.15, -0.1) is 0 Å². The van der Waals surface area contributed by atoms with Crippen LogP contribution < -0.4 is 19.9 Å². The Morgan fingerprint density at radius 3 is 2.50 bits per heavy atom. The molecule has 6 rings (SSSR count). The second-order valence-corrected chi connectivity index (χ2v) is 11.0. The third kappa shape index (κ3) is 3.31. The quantitative estimate of drug-likeness (QED) is 0.364. The molecule has 0 fully saturated rings. The fourth-order valence-electron chi connectivity index (χ4n) is 5.83. The number of hydrogen-bond acceptors (Lipinski definition) is 3. The first-order chi connectivity index (χ1) is 16.3. The van der Waals surface area contributed by atoms with E-state index in [0.29, 0.717) is 0 Å². The standard InChI is InChI=1S/C28H27NO4S/c1-3-18-8-10-22-25(15-18)33-28-23-7-5-13-29-12-4-6-19(27(23)29)16-24(28)26(22)21-11-9-20(14-17(21)2)34(30,31)32/h8-11,14-16H,3-7,12-13H2,1-2H3/p+1. The summed E-state index contributed by atoms with van der Waals surface area (Å²) >= 11 is 0. The zero-order valence-electron chi connectivity index (χ0n) is 19.5. The van der Waals surface area contributed by atoms with Crippen LogP contribution in [0.15, 0.2) is 47.4 Å². The number of ether oxygens (including phenoxy) is 1. The molecule has 0 atom stereocenters. The van der Waals surface area contributed by atoms with Crippen molar-refractivity contribution in [2.75, 3.05) is 13.1 Å². The van der Waals surface area contributed by atoms with Gasteiger partial charge in [-0.25, -0.2) is 4.58 Å². The minimum atomic E-state index is -4.26. The summed E-state index contributed by atoms with van der Waals surface area (Å²) in [6.45, 7) is 6.24. The van der Waals surface area contributed by atoms with E-state index < -0.39 is 10.1 Å². The third-order valence-corrected chi connectivity index (χ3v) is 8.29. The highest BCUT2D eigenvalue weighted by atomic mass is 32.2. The number of rotatable bonds is 3. The fourth-order valence-corrected chi connectivity index (χ4v) is 6.40. The van der Waals surface area contributed by atoms with Crippen molar-refractivity contribution >= 4 is 15.7 Å². The molecule has 0 bridgehead atoms.